The average Bonchev–Trinajstić information content (AvgIpc) is 2.65. The quantitative estimate of drug-likeness (QED) is 0.527. The monoisotopic (exact) mass is 405 g/mol. The van der Waals surface area contributed by atoms with E-state index in [0.717, 1.165) is 12.8 Å². The SMILES string of the molecule is CN(C)/C=C/c1nc(N(C)C2CCN(OC(=O)C(C)(C)C)CC2)ccc1[N+](=O)[O-]. The minimum Gasteiger partial charge on any atom is -0.383 e. The Morgan fingerprint density at radius 1 is 1.28 bits per heavy atom. The minimum absolute atomic E-state index is 0.0239. The fourth-order valence-corrected chi connectivity index (χ4v) is 2.91. The molecule has 0 saturated carbocycles. The van der Waals surface area contributed by atoms with E-state index in [0.29, 0.717) is 24.6 Å². The van der Waals surface area contributed by atoms with Gasteiger partial charge >= 0.3 is 5.97 Å². The lowest BCUT2D eigenvalue weighted by Crippen LogP contribution is -2.45. The molecule has 1 saturated heterocycles. The molecule has 0 bridgehead atoms. The van der Waals surface area contributed by atoms with Gasteiger partial charge in [-0.3, -0.25) is 10.1 Å². The zero-order valence-corrected chi connectivity index (χ0v) is 18.1. The normalized spacial score (nSPS) is 16.1. The van der Waals surface area contributed by atoms with Gasteiger partial charge in [-0.05, 0) is 45.8 Å². The molecule has 1 aromatic heterocycles. The Bertz CT molecular complexity index is 765. The van der Waals surface area contributed by atoms with Crippen LogP contribution in [-0.2, 0) is 9.63 Å². The van der Waals surface area contributed by atoms with Crippen molar-refractivity contribution in [2.75, 3.05) is 39.1 Å². The van der Waals surface area contributed by atoms with Crippen LogP contribution in [0.2, 0.25) is 0 Å². The molecule has 0 radical (unpaired) electrons. The second kappa shape index (κ2) is 9.21. The molecule has 2 rings (SSSR count). The summed E-state index contributed by atoms with van der Waals surface area (Å²) in [5.41, 5.74) is -0.235. The lowest BCUT2D eigenvalue weighted by molar-refractivity contribution is -0.385. The van der Waals surface area contributed by atoms with Crippen molar-refractivity contribution in [3.05, 3.63) is 34.1 Å². The second-order valence-corrected chi connectivity index (χ2v) is 8.51. The molecule has 1 fully saturated rings. The average molecular weight is 405 g/mol. The topological polar surface area (TPSA) is 92.1 Å². The van der Waals surface area contributed by atoms with Gasteiger partial charge in [-0.2, -0.15) is 0 Å². The van der Waals surface area contributed by atoms with E-state index < -0.39 is 10.3 Å². The van der Waals surface area contributed by atoms with Gasteiger partial charge in [0.05, 0.1) is 10.3 Å². The number of pyridine rings is 1. The molecule has 0 aromatic carbocycles. The van der Waals surface area contributed by atoms with Gasteiger partial charge in [0.15, 0.2) is 0 Å². The third-order valence-electron chi connectivity index (χ3n) is 4.77. The van der Waals surface area contributed by atoms with Crippen molar-refractivity contribution in [2.24, 2.45) is 5.41 Å². The fraction of sp³-hybridized carbons (Fsp3) is 0.600. The molecular formula is C20H31N5O4. The molecule has 29 heavy (non-hydrogen) atoms. The summed E-state index contributed by atoms with van der Waals surface area (Å²) >= 11 is 0. The Balaban J connectivity index is 2.07. The van der Waals surface area contributed by atoms with Crippen LogP contribution < -0.4 is 4.90 Å². The van der Waals surface area contributed by atoms with Crippen LogP contribution in [0.4, 0.5) is 11.5 Å². The van der Waals surface area contributed by atoms with Crippen LogP contribution in [0.5, 0.6) is 0 Å². The highest BCUT2D eigenvalue weighted by Gasteiger charge is 2.30. The van der Waals surface area contributed by atoms with E-state index in [2.05, 4.69) is 4.98 Å². The number of hydrogen-bond donors (Lipinski definition) is 0. The third kappa shape index (κ3) is 6.15. The van der Waals surface area contributed by atoms with Crippen LogP contribution in [-0.4, -0.2) is 66.1 Å². The van der Waals surface area contributed by atoms with Gasteiger partial charge in [-0.1, -0.05) is 0 Å². The van der Waals surface area contributed by atoms with Crippen molar-refractivity contribution in [3.63, 3.8) is 0 Å². The maximum absolute atomic E-state index is 12.1. The summed E-state index contributed by atoms with van der Waals surface area (Å²) in [6, 6.07) is 3.38. The molecular weight excluding hydrogens is 374 g/mol. The van der Waals surface area contributed by atoms with E-state index in [9.17, 15) is 14.9 Å². The van der Waals surface area contributed by atoms with Crippen molar-refractivity contribution in [3.8, 4) is 0 Å². The number of hydroxylamine groups is 2. The standard InChI is InChI=1S/C20H31N5O4/c1-20(2,3)19(26)29-24-13-9-15(10-14-24)23(6)18-8-7-17(25(27)28)16(21-18)11-12-22(4)5/h7-8,11-12,15H,9-10,13-14H2,1-6H3/b12-11+. The number of rotatable bonds is 6. The number of nitro groups is 1. The Morgan fingerprint density at radius 3 is 2.41 bits per heavy atom. The van der Waals surface area contributed by atoms with Crippen LogP contribution in [0.15, 0.2) is 18.3 Å². The van der Waals surface area contributed by atoms with E-state index in [1.165, 1.54) is 6.07 Å². The lowest BCUT2D eigenvalue weighted by atomic mass is 9.98. The highest BCUT2D eigenvalue weighted by Crippen LogP contribution is 2.26. The Hall–Kier alpha value is -2.68. The molecule has 0 unspecified atom stereocenters. The number of carbonyl (C=O) groups is 1. The number of nitrogens with zero attached hydrogens (tertiary/aromatic N) is 5. The first-order valence-corrected chi connectivity index (χ1v) is 9.69. The van der Waals surface area contributed by atoms with E-state index in [4.69, 9.17) is 4.84 Å². The maximum Gasteiger partial charge on any atom is 0.330 e. The summed E-state index contributed by atoms with van der Waals surface area (Å²) < 4.78 is 0. The number of hydrogen-bond acceptors (Lipinski definition) is 8. The first-order valence-electron chi connectivity index (χ1n) is 9.69. The van der Waals surface area contributed by atoms with Crippen LogP contribution in [0, 0.1) is 15.5 Å². The summed E-state index contributed by atoms with van der Waals surface area (Å²) in [4.78, 5) is 36.8. The van der Waals surface area contributed by atoms with E-state index in [1.807, 2.05) is 46.8 Å². The maximum atomic E-state index is 12.1. The molecule has 1 aliphatic rings. The van der Waals surface area contributed by atoms with Gasteiger partial charge in [0.25, 0.3) is 5.69 Å². The molecule has 1 aliphatic heterocycles. The molecule has 0 amide bonds. The summed E-state index contributed by atoms with van der Waals surface area (Å²) in [6.45, 7) is 6.77. The highest BCUT2D eigenvalue weighted by atomic mass is 16.7. The Labute approximate surface area is 172 Å². The number of anilines is 1. The van der Waals surface area contributed by atoms with Crippen molar-refractivity contribution in [1.82, 2.24) is 14.9 Å². The largest absolute Gasteiger partial charge is 0.383 e. The third-order valence-corrected chi connectivity index (χ3v) is 4.77. The highest BCUT2D eigenvalue weighted by molar-refractivity contribution is 5.75. The number of carbonyl (C=O) groups excluding carboxylic acids is 1. The van der Waals surface area contributed by atoms with Gasteiger partial charge in [0.2, 0.25) is 0 Å². The Morgan fingerprint density at radius 2 is 1.90 bits per heavy atom. The molecule has 0 atom stereocenters. The zero-order chi connectivity index (χ0) is 21.8. The van der Waals surface area contributed by atoms with Gasteiger partial charge < -0.3 is 14.6 Å². The lowest BCUT2D eigenvalue weighted by Gasteiger charge is -2.37. The van der Waals surface area contributed by atoms with Crippen molar-refractivity contribution >= 4 is 23.6 Å². The Kier molecular flexibility index (Phi) is 7.18. The van der Waals surface area contributed by atoms with E-state index in [1.54, 1.807) is 28.3 Å². The first kappa shape index (κ1) is 22.6. The summed E-state index contributed by atoms with van der Waals surface area (Å²) in [6.07, 6.45) is 4.98. The van der Waals surface area contributed by atoms with Crippen LogP contribution in [0.25, 0.3) is 6.08 Å². The summed E-state index contributed by atoms with van der Waals surface area (Å²) in [7, 11) is 5.63. The molecule has 1 aromatic rings. The summed E-state index contributed by atoms with van der Waals surface area (Å²) in [5.74, 6) is 0.442. The van der Waals surface area contributed by atoms with Gasteiger partial charge in [0, 0.05) is 52.5 Å². The van der Waals surface area contributed by atoms with Crippen molar-refractivity contribution < 1.29 is 14.6 Å². The summed E-state index contributed by atoms with van der Waals surface area (Å²) in [5, 5.41) is 13.0. The van der Waals surface area contributed by atoms with Gasteiger partial charge in [-0.15, -0.1) is 5.06 Å². The van der Waals surface area contributed by atoms with E-state index in [-0.39, 0.29) is 17.7 Å². The van der Waals surface area contributed by atoms with Crippen LogP contribution in [0.1, 0.15) is 39.3 Å². The fourth-order valence-electron chi connectivity index (χ4n) is 2.91. The van der Waals surface area contributed by atoms with Crippen LogP contribution >= 0.6 is 0 Å². The molecule has 0 N–H and O–H groups in total. The van der Waals surface area contributed by atoms with Crippen LogP contribution in [0.3, 0.4) is 0 Å². The van der Waals surface area contributed by atoms with E-state index >= 15 is 0 Å². The van der Waals surface area contributed by atoms with Gasteiger partial charge in [-0.25, -0.2) is 9.78 Å². The zero-order valence-electron chi connectivity index (χ0n) is 18.1. The number of piperidine rings is 1. The molecule has 0 aliphatic carbocycles. The smallest absolute Gasteiger partial charge is 0.330 e. The second-order valence-electron chi connectivity index (χ2n) is 8.51. The molecule has 2 heterocycles. The predicted molar refractivity (Wildman–Crippen MR) is 112 cm³/mol. The predicted octanol–water partition coefficient (Wildman–Crippen LogP) is 2.93. The van der Waals surface area contributed by atoms with Crippen molar-refractivity contribution in [2.45, 2.75) is 39.7 Å². The molecule has 0 spiro atoms. The van der Waals surface area contributed by atoms with Crippen molar-refractivity contribution in [1.29, 1.82) is 0 Å². The molecule has 9 heteroatoms. The molecule has 9 nitrogen and oxygen atoms in total. The minimum atomic E-state index is -0.535. The number of aromatic nitrogens is 1. The van der Waals surface area contributed by atoms with Gasteiger partial charge in [0.1, 0.15) is 11.5 Å². The molecule has 160 valence electrons. The first-order chi connectivity index (χ1) is 13.5.